The van der Waals surface area contributed by atoms with Crippen LogP contribution in [-0.4, -0.2) is 16.9 Å². The summed E-state index contributed by atoms with van der Waals surface area (Å²) in [5.41, 5.74) is 5.89. The maximum Gasteiger partial charge on any atom is 0.267 e. The van der Waals surface area contributed by atoms with E-state index in [2.05, 4.69) is 5.10 Å². The molecular formula is C13H13F2N3O2. The maximum atomic E-state index is 13.1. The van der Waals surface area contributed by atoms with Crippen molar-refractivity contribution >= 4 is 0 Å². The van der Waals surface area contributed by atoms with E-state index in [-0.39, 0.29) is 18.0 Å². The van der Waals surface area contributed by atoms with Crippen molar-refractivity contribution < 1.29 is 13.5 Å². The van der Waals surface area contributed by atoms with Gasteiger partial charge in [0.15, 0.2) is 11.6 Å². The van der Waals surface area contributed by atoms with Crippen LogP contribution in [0, 0.1) is 11.6 Å². The second-order valence-corrected chi connectivity index (χ2v) is 4.18. The van der Waals surface area contributed by atoms with Crippen LogP contribution in [0.1, 0.15) is 11.6 Å². The van der Waals surface area contributed by atoms with Gasteiger partial charge in [0.25, 0.3) is 5.56 Å². The van der Waals surface area contributed by atoms with Crippen molar-refractivity contribution in [2.24, 2.45) is 5.73 Å². The zero-order valence-corrected chi connectivity index (χ0v) is 10.7. The van der Waals surface area contributed by atoms with Gasteiger partial charge in [-0.1, -0.05) is 6.07 Å². The summed E-state index contributed by atoms with van der Waals surface area (Å²) >= 11 is 0. The Morgan fingerprint density at radius 3 is 2.70 bits per heavy atom. The van der Waals surface area contributed by atoms with Crippen molar-refractivity contribution in [3.8, 4) is 5.88 Å². The van der Waals surface area contributed by atoms with Gasteiger partial charge in [0.1, 0.15) is 0 Å². The van der Waals surface area contributed by atoms with Crippen LogP contribution in [0.4, 0.5) is 8.78 Å². The lowest BCUT2D eigenvalue weighted by atomic mass is 10.1. The minimum atomic E-state index is -0.983. The normalized spacial score (nSPS) is 12.2. The maximum absolute atomic E-state index is 13.1. The molecule has 0 saturated carbocycles. The van der Waals surface area contributed by atoms with E-state index in [0.29, 0.717) is 5.56 Å². The number of ether oxygens (including phenoxy) is 1. The molecular weight excluding hydrogens is 268 g/mol. The fourth-order valence-corrected chi connectivity index (χ4v) is 1.70. The first-order valence-electron chi connectivity index (χ1n) is 5.84. The number of halogens is 2. The Bertz CT molecular complexity index is 673. The van der Waals surface area contributed by atoms with Gasteiger partial charge in [0.2, 0.25) is 5.88 Å². The van der Waals surface area contributed by atoms with Crippen LogP contribution in [0.15, 0.2) is 35.1 Å². The Morgan fingerprint density at radius 2 is 2.05 bits per heavy atom. The molecule has 1 unspecified atom stereocenters. The Hall–Kier alpha value is -2.28. The third-order valence-electron chi connectivity index (χ3n) is 2.79. The SMILES string of the molecule is COc1ccc(=O)n(CC(N)c2ccc(F)c(F)c2)n1. The third kappa shape index (κ3) is 3.00. The van der Waals surface area contributed by atoms with Crippen molar-refractivity contribution in [2.45, 2.75) is 12.6 Å². The third-order valence-corrected chi connectivity index (χ3v) is 2.79. The van der Waals surface area contributed by atoms with Gasteiger partial charge in [-0.25, -0.2) is 13.5 Å². The first-order valence-corrected chi connectivity index (χ1v) is 5.84. The summed E-state index contributed by atoms with van der Waals surface area (Å²) in [5.74, 6) is -1.66. The number of nitrogens with zero attached hydrogens (tertiary/aromatic N) is 2. The highest BCUT2D eigenvalue weighted by Gasteiger charge is 2.12. The van der Waals surface area contributed by atoms with Crippen molar-refractivity contribution in [3.05, 3.63) is 57.9 Å². The molecule has 0 fully saturated rings. The minimum absolute atomic E-state index is 0.0289. The summed E-state index contributed by atoms with van der Waals surface area (Å²) in [6.07, 6.45) is 0. The van der Waals surface area contributed by atoms with Crippen LogP contribution in [-0.2, 0) is 6.54 Å². The highest BCUT2D eigenvalue weighted by molar-refractivity contribution is 5.21. The first-order chi connectivity index (χ1) is 9.51. The van der Waals surface area contributed by atoms with E-state index in [0.717, 1.165) is 16.8 Å². The van der Waals surface area contributed by atoms with E-state index < -0.39 is 17.7 Å². The van der Waals surface area contributed by atoms with Gasteiger partial charge in [0, 0.05) is 18.2 Å². The van der Waals surface area contributed by atoms with Gasteiger partial charge < -0.3 is 10.5 Å². The van der Waals surface area contributed by atoms with Crippen LogP contribution in [0.25, 0.3) is 0 Å². The molecule has 0 amide bonds. The molecule has 5 nitrogen and oxygen atoms in total. The van der Waals surface area contributed by atoms with E-state index in [1.165, 1.54) is 25.3 Å². The molecule has 0 saturated heterocycles. The molecule has 106 valence electrons. The average molecular weight is 281 g/mol. The van der Waals surface area contributed by atoms with Gasteiger partial charge in [-0.15, -0.1) is 5.10 Å². The second-order valence-electron chi connectivity index (χ2n) is 4.18. The molecule has 0 aliphatic heterocycles. The molecule has 20 heavy (non-hydrogen) atoms. The molecule has 0 aliphatic rings. The molecule has 0 spiro atoms. The van der Waals surface area contributed by atoms with Gasteiger partial charge in [-0.2, -0.15) is 0 Å². The summed E-state index contributed by atoms with van der Waals surface area (Å²) in [5, 5.41) is 3.93. The number of hydrogen-bond donors (Lipinski definition) is 1. The predicted molar refractivity (Wildman–Crippen MR) is 68.3 cm³/mol. The molecule has 2 rings (SSSR count). The van der Waals surface area contributed by atoms with Gasteiger partial charge in [0.05, 0.1) is 13.7 Å². The van der Waals surface area contributed by atoms with Crippen molar-refractivity contribution in [2.75, 3.05) is 7.11 Å². The predicted octanol–water partition coefficient (Wildman–Crippen LogP) is 1.23. The Balaban J connectivity index is 2.24. The van der Waals surface area contributed by atoms with Crippen molar-refractivity contribution in [3.63, 3.8) is 0 Å². The number of methoxy groups -OCH3 is 1. The number of rotatable bonds is 4. The smallest absolute Gasteiger partial charge is 0.267 e. The molecule has 1 aromatic carbocycles. The van der Waals surface area contributed by atoms with Gasteiger partial charge in [-0.3, -0.25) is 4.79 Å². The molecule has 7 heteroatoms. The van der Waals surface area contributed by atoms with E-state index >= 15 is 0 Å². The Labute approximate surface area is 113 Å². The fourth-order valence-electron chi connectivity index (χ4n) is 1.70. The van der Waals surface area contributed by atoms with E-state index in [9.17, 15) is 13.6 Å². The fraction of sp³-hybridized carbons (Fsp3) is 0.231. The van der Waals surface area contributed by atoms with E-state index in [4.69, 9.17) is 10.5 Å². The standard InChI is InChI=1S/C13H13F2N3O2/c1-20-12-4-5-13(19)18(17-12)7-11(16)8-2-3-9(14)10(15)6-8/h2-6,11H,7,16H2,1H3. The minimum Gasteiger partial charge on any atom is -0.480 e. The highest BCUT2D eigenvalue weighted by atomic mass is 19.2. The lowest BCUT2D eigenvalue weighted by Gasteiger charge is -2.13. The van der Waals surface area contributed by atoms with Crippen LogP contribution in [0.5, 0.6) is 5.88 Å². The molecule has 1 aromatic heterocycles. The molecule has 0 bridgehead atoms. The average Bonchev–Trinajstić information content (AvgIpc) is 2.44. The Morgan fingerprint density at radius 1 is 1.30 bits per heavy atom. The molecule has 0 radical (unpaired) electrons. The highest BCUT2D eigenvalue weighted by Crippen LogP contribution is 2.15. The molecule has 1 heterocycles. The molecule has 2 aromatic rings. The number of hydrogen-bond acceptors (Lipinski definition) is 4. The van der Waals surface area contributed by atoms with Crippen LogP contribution in [0.2, 0.25) is 0 Å². The Kier molecular flexibility index (Phi) is 4.09. The zero-order chi connectivity index (χ0) is 14.7. The number of benzene rings is 1. The molecule has 2 N–H and O–H groups in total. The second kappa shape index (κ2) is 5.79. The first kappa shape index (κ1) is 14.1. The number of aromatic nitrogens is 2. The topological polar surface area (TPSA) is 70.1 Å². The largest absolute Gasteiger partial charge is 0.480 e. The van der Waals surface area contributed by atoms with Crippen LogP contribution < -0.4 is 16.0 Å². The van der Waals surface area contributed by atoms with Crippen LogP contribution >= 0.6 is 0 Å². The lowest BCUT2D eigenvalue weighted by molar-refractivity contribution is 0.370. The van der Waals surface area contributed by atoms with E-state index in [1.54, 1.807) is 0 Å². The van der Waals surface area contributed by atoms with Crippen LogP contribution in [0.3, 0.4) is 0 Å². The summed E-state index contributed by atoms with van der Waals surface area (Å²) in [4.78, 5) is 11.6. The van der Waals surface area contributed by atoms with E-state index in [1.807, 2.05) is 0 Å². The lowest BCUT2D eigenvalue weighted by Crippen LogP contribution is -2.28. The summed E-state index contributed by atoms with van der Waals surface area (Å²) in [6.45, 7) is 0.0289. The zero-order valence-electron chi connectivity index (χ0n) is 10.7. The summed E-state index contributed by atoms with van der Waals surface area (Å²) in [7, 11) is 1.42. The van der Waals surface area contributed by atoms with Crippen molar-refractivity contribution in [1.29, 1.82) is 0 Å². The summed E-state index contributed by atoms with van der Waals surface area (Å²) in [6, 6.07) is 5.40. The van der Waals surface area contributed by atoms with Gasteiger partial charge in [-0.05, 0) is 17.7 Å². The monoisotopic (exact) mass is 281 g/mol. The van der Waals surface area contributed by atoms with Crippen molar-refractivity contribution in [1.82, 2.24) is 9.78 Å². The molecule has 0 aliphatic carbocycles. The quantitative estimate of drug-likeness (QED) is 0.915. The summed E-state index contributed by atoms with van der Waals surface area (Å²) < 4.78 is 32.0. The van der Waals surface area contributed by atoms with Gasteiger partial charge >= 0.3 is 0 Å². The molecule has 1 atom stereocenters. The number of nitrogens with two attached hydrogens (primary N) is 1.